The molecule has 7 heteroatoms. The molecule has 21 heavy (non-hydrogen) atoms. The first kappa shape index (κ1) is 16.5. The molecule has 0 spiro atoms. The fraction of sp³-hybridized carbons (Fsp3) is 0.357. The zero-order chi connectivity index (χ0) is 15.7. The summed E-state index contributed by atoms with van der Waals surface area (Å²) in [6.07, 6.45) is 1.08. The van der Waals surface area contributed by atoms with Gasteiger partial charge in [-0.25, -0.2) is 9.59 Å². The second-order valence-corrected chi connectivity index (χ2v) is 4.36. The minimum absolute atomic E-state index is 0.108. The van der Waals surface area contributed by atoms with Gasteiger partial charge in [0, 0.05) is 25.2 Å². The lowest BCUT2D eigenvalue weighted by molar-refractivity contribution is -0.120. The highest BCUT2D eigenvalue weighted by Crippen LogP contribution is 2.09. The fourth-order valence-corrected chi connectivity index (χ4v) is 1.51. The summed E-state index contributed by atoms with van der Waals surface area (Å²) >= 11 is 0. The maximum atomic E-state index is 11.6. The molecule has 0 fully saturated rings. The number of anilines is 1. The summed E-state index contributed by atoms with van der Waals surface area (Å²) in [7, 11) is 0. The van der Waals surface area contributed by atoms with E-state index < -0.39 is 12.0 Å². The minimum atomic E-state index is -1.02. The summed E-state index contributed by atoms with van der Waals surface area (Å²) in [5.41, 5.74) is 0.626. The number of benzene rings is 1. The predicted molar refractivity (Wildman–Crippen MR) is 78.3 cm³/mol. The van der Waals surface area contributed by atoms with Gasteiger partial charge in [-0.3, -0.25) is 4.79 Å². The van der Waals surface area contributed by atoms with Crippen LogP contribution in [0.3, 0.4) is 0 Å². The molecule has 1 aromatic rings. The monoisotopic (exact) mass is 293 g/mol. The Morgan fingerprint density at radius 3 is 2.29 bits per heavy atom. The highest BCUT2D eigenvalue weighted by atomic mass is 16.4. The molecule has 0 aromatic heterocycles. The smallest absolute Gasteiger partial charge is 0.335 e. The average Bonchev–Trinajstić information content (AvgIpc) is 2.45. The van der Waals surface area contributed by atoms with E-state index in [4.69, 9.17) is 5.11 Å². The number of rotatable bonds is 7. The van der Waals surface area contributed by atoms with E-state index in [2.05, 4.69) is 16.0 Å². The molecule has 7 nitrogen and oxygen atoms in total. The number of hydrogen-bond donors (Lipinski definition) is 4. The predicted octanol–water partition coefficient (Wildman–Crippen LogP) is 1.42. The molecule has 0 bridgehead atoms. The van der Waals surface area contributed by atoms with Crippen molar-refractivity contribution in [3.8, 4) is 0 Å². The zero-order valence-corrected chi connectivity index (χ0v) is 11.8. The first-order valence-corrected chi connectivity index (χ1v) is 6.68. The second kappa shape index (κ2) is 8.57. The van der Waals surface area contributed by atoms with E-state index in [-0.39, 0.29) is 24.4 Å². The molecule has 0 aliphatic rings. The quantitative estimate of drug-likeness (QED) is 0.609. The summed E-state index contributed by atoms with van der Waals surface area (Å²) < 4.78 is 0. The third-order valence-electron chi connectivity index (χ3n) is 2.60. The topological polar surface area (TPSA) is 108 Å². The average molecular weight is 293 g/mol. The number of carbonyl (C=O) groups excluding carboxylic acids is 2. The normalized spacial score (nSPS) is 9.76. The minimum Gasteiger partial charge on any atom is -0.478 e. The van der Waals surface area contributed by atoms with Gasteiger partial charge in [0.1, 0.15) is 0 Å². The third kappa shape index (κ3) is 6.42. The van der Waals surface area contributed by atoms with E-state index in [0.29, 0.717) is 12.2 Å². The lowest BCUT2D eigenvalue weighted by Gasteiger charge is -2.08. The number of carbonyl (C=O) groups is 3. The van der Waals surface area contributed by atoms with Crippen LogP contribution in [0.5, 0.6) is 0 Å². The Morgan fingerprint density at radius 1 is 1.05 bits per heavy atom. The standard InChI is InChI=1S/C14H19N3O4/c1-2-8-15-12(18)7-9-16-14(21)17-11-5-3-10(4-6-11)13(19)20/h3-6H,2,7-9H2,1H3,(H,15,18)(H,19,20)(H2,16,17,21). The Labute approximate surface area is 122 Å². The highest BCUT2D eigenvalue weighted by molar-refractivity contribution is 5.91. The summed E-state index contributed by atoms with van der Waals surface area (Å²) in [5, 5.41) is 16.6. The van der Waals surface area contributed by atoms with Gasteiger partial charge in [-0.2, -0.15) is 0 Å². The van der Waals surface area contributed by atoms with Crippen LogP contribution in [0.1, 0.15) is 30.1 Å². The van der Waals surface area contributed by atoms with Crippen LogP contribution in [0.15, 0.2) is 24.3 Å². The largest absolute Gasteiger partial charge is 0.478 e. The van der Waals surface area contributed by atoms with Crippen LogP contribution >= 0.6 is 0 Å². The first-order valence-electron chi connectivity index (χ1n) is 6.68. The van der Waals surface area contributed by atoms with E-state index >= 15 is 0 Å². The maximum Gasteiger partial charge on any atom is 0.335 e. The Hall–Kier alpha value is -2.57. The molecule has 0 aliphatic heterocycles. The fourth-order valence-electron chi connectivity index (χ4n) is 1.51. The van der Waals surface area contributed by atoms with Crippen LogP contribution in [0.2, 0.25) is 0 Å². The van der Waals surface area contributed by atoms with Gasteiger partial charge in [-0.15, -0.1) is 0 Å². The number of nitrogens with one attached hydrogen (secondary N) is 3. The maximum absolute atomic E-state index is 11.6. The second-order valence-electron chi connectivity index (χ2n) is 4.36. The lowest BCUT2D eigenvalue weighted by Crippen LogP contribution is -2.33. The molecule has 0 atom stereocenters. The van der Waals surface area contributed by atoms with Crippen molar-refractivity contribution >= 4 is 23.6 Å². The molecule has 0 heterocycles. The van der Waals surface area contributed by atoms with Crippen LogP contribution < -0.4 is 16.0 Å². The third-order valence-corrected chi connectivity index (χ3v) is 2.60. The summed E-state index contributed by atoms with van der Waals surface area (Å²) in [6, 6.07) is 5.35. The molecule has 3 amide bonds. The van der Waals surface area contributed by atoms with Crippen molar-refractivity contribution in [1.29, 1.82) is 0 Å². The Bertz CT molecular complexity index is 499. The van der Waals surface area contributed by atoms with Gasteiger partial charge in [0.15, 0.2) is 0 Å². The van der Waals surface area contributed by atoms with E-state index in [1.807, 2.05) is 6.92 Å². The summed E-state index contributed by atoms with van der Waals surface area (Å²) in [4.78, 5) is 33.5. The molecule has 0 unspecified atom stereocenters. The Kier molecular flexibility index (Phi) is 6.73. The van der Waals surface area contributed by atoms with Crippen molar-refractivity contribution in [3.63, 3.8) is 0 Å². The number of urea groups is 1. The Balaban J connectivity index is 2.30. The van der Waals surface area contributed by atoms with Crippen LogP contribution in [0.4, 0.5) is 10.5 Å². The lowest BCUT2D eigenvalue weighted by atomic mass is 10.2. The van der Waals surface area contributed by atoms with Crippen molar-refractivity contribution in [2.75, 3.05) is 18.4 Å². The molecule has 1 aromatic carbocycles. The van der Waals surface area contributed by atoms with E-state index in [1.165, 1.54) is 24.3 Å². The van der Waals surface area contributed by atoms with Crippen molar-refractivity contribution in [1.82, 2.24) is 10.6 Å². The number of amides is 3. The van der Waals surface area contributed by atoms with Gasteiger partial charge in [0.2, 0.25) is 5.91 Å². The van der Waals surface area contributed by atoms with Gasteiger partial charge >= 0.3 is 12.0 Å². The molecular weight excluding hydrogens is 274 g/mol. The van der Waals surface area contributed by atoms with E-state index in [1.54, 1.807) is 0 Å². The number of carboxylic acid groups (broad SMARTS) is 1. The van der Waals surface area contributed by atoms with Gasteiger partial charge in [0.25, 0.3) is 0 Å². The number of hydrogen-bond acceptors (Lipinski definition) is 3. The summed E-state index contributed by atoms with van der Waals surface area (Å²) in [5.74, 6) is -1.13. The molecule has 4 N–H and O–H groups in total. The molecule has 0 saturated carbocycles. The van der Waals surface area contributed by atoms with Crippen LogP contribution in [0.25, 0.3) is 0 Å². The number of carboxylic acids is 1. The highest BCUT2D eigenvalue weighted by Gasteiger charge is 2.05. The van der Waals surface area contributed by atoms with Gasteiger partial charge in [0.05, 0.1) is 5.56 Å². The van der Waals surface area contributed by atoms with Crippen molar-refractivity contribution in [3.05, 3.63) is 29.8 Å². The SMILES string of the molecule is CCCNC(=O)CCNC(=O)Nc1ccc(C(=O)O)cc1. The van der Waals surface area contributed by atoms with Gasteiger partial charge < -0.3 is 21.1 Å². The van der Waals surface area contributed by atoms with Gasteiger partial charge in [-0.05, 0) is 30.7 Å². The Morgan fingerprint density at radius 2 is 1.71 bits per heavy atom. The van der Waals surface area contributed by atoms with Crippen LogP contribution in [-0.4, -0.2) is 36.1 Å². The molecular formula is C14H19N3O4. The van der Waals surface area contributed by atoms with Crippen LogP contribution in [0, 0.1) is 0 Å². The number of aromatic carboxylic acids is 1. The summed E-state index contributed by atoms with van der Waals surface area (Å²) in [6.45, 7) is 2.82. The molecule has 0 saturated heterocycles. The van der Waals surface area contributed by atoms with Crippen LogP contribution in [-0.2, 0) is 4.79 Å². The first-order chi connectivity index (χ1) is 10.0. The van der Waals surface area contributed by atoms with Gasteiger partial charge in [-0.1, -0.05) is 6.92 Å². The van der Waals surface area contributed by atoms with E-state index in [9.17, 15) is 14.4 Å². The molecule has 114 valence electrons. The van der Waals surface area contributed by atoms with Crippen molar-refractivity contribution in [2.45, 2.75) is 19.8 Å². The zero-order valence-electron chi connectivity index (χ0n) is 11.8. The molecule has 0 radical (unpaired) electrons. The van der Waals surface area contributed by atoms with Crippen molar-refractivity contribution in [2.24, 2.45) is 0 Å². The van der Waals surface area contributed by atoms with Crippen molar-refractivity contribution < 1.29 is 19.5 Å². The van der Waals surface area contributed by atoms with E-state index in [0.717, 1.165) is 6.42 Å². The molecule has 1 rings (SSSR count). The molecule has 0 aliphatic carbocycles.